The number of carbonyl (C=O) groups excluding carboxylic acids is 2. The zero-order chi connectivity index (χ0) is 20.9. The van der Waals surface area contributed by atoms with Gasteiger partial charge in [-0.15, -0.1) is 24.0 Å². The molecule has 1 saturated heterocycles. The monoisotopic (exact) mass is 537 g/mol. The molecule has 31 heavy (non-hydrogen) atoms. The number of carbonyl (C=O) groups is 2. The van der Waals surface area contributed by atoms with Gasteiger partial charge in [0.1, 0.15) is 6.54 Å². The number of guanidine groups is 1. The van der Waals surface area contributed by atoms with Crippen molar-refractivity contribution in [2.45, 2.75) is 13.3 Å². The number of halogens is 1. The second kappa shape index (κ2) is 10.7. The Hall–Kier alpha value is -2.56. The number of hydrogen-bond donors (Lipinski definition) is 1. The van der Waals surface area contributed by atoms with Crippen molar-refractivity contribution in [2.75, 3.05) is 50.7 Å². The number of rotatable bonds is 4. The molecule has 8 nitrogen and oxygen atoms in total. The second-order valence-corrected chi connectivity index (χ2v) is 7.35. The summed E-state index contributed by atoms with van der Waals surface area (Å²) in [6.07, 6.45) is 2.40. The Balaban J connectivity index is 0.00000272. The number of fused-ring (bicyclic) bond motifs is 1. The Labute approximate surface area is 199 Å². The van der Waals surface area contributed by atoms with E-state index in [1.54, 1.807) is 17.0 Å². The average molecular weight is 537 g/mol. The smallest absolute Gasteiger partial charge is 0.289 e. The number of amides is 2. The molecule has 0 bridgehead atoms. The van der Waals surface area contributed by atoms with Crippen LogP contribution in [0.4, 0.5) is 5.69 Å². The summed E-state index contributed by atoms with van der Waals surface area (Å²) in [6, 6.07) is 11.4. The standard InChI is InChI=1S/C22H27N5O3.HI/c1-2-23-22(24-16-20(28)27-10-9-17-6-3-4-7-18(17)27)26-13-11-25(12-14-26)21(29)19-8-5-15-30-19;/h3-8,15H,2,9-14,16H2,1H3,(H,23,24);1H. The molecule has 2 aromatic rings. The van der Waals surface area contributed by atoms with Gasteiger partial charge in [-0.25, -0.2) is 4.99 Å². The number of anilines is 1. The van der Waals surface area contributed by atoms with E-state index < -0.39 is 0 Å². The van der Waals surface area contributed by atoms with Crippen molar-refractivity contribution in [1.29, 1.82) is 0 Å². The third-order valence-electron chi connectivity index (χ3n) is 5.49. The van der Waals surface area contributed by atoms with Crippen molar-refractivity contribution in [3.63, 3.8) is 0 Å². The summed E-state index contributed by atoms with van der Waals surface area (Å²) in [5.74, 6) is 0.982. The maximum absolute atomic E-state index is 12.8. The lowest BCUT2D eigenvalue weighted by atomic mass is 10.2. The minimum atomic E-state index is -0.0931. The molecule has 0 aliphatic carbocycles. The Morgan fingerprint density at radius 3 is 2.48 bits per heavy atom. The van der Waals surface area contributed by atoms with Gasteiger partial charge in [0, 0.05) is 45.0 Å². The molecule has 1 N–H and O–H groups in total. The fourth-order valence-corrected chi connectivity index (χ4v) is 3.93. The minimum absolute atomic E-state index is 0. The zero-order valence-corrected chi connectivity index (χ0v) is 20.0. The van der Waals surface area contributed by atoms with Crippen LogP contribution in [0.5, 0.6) is 0 Å². The average Bonchev–Trinajstić information content (AvgIpc) is 3.46. The SMILES string of the molecule is CCNC(=NCC(=O)N1CCc2ccccc21)N1CCN(C(=O)c2ccco2)CC1.I. The molecule has 1 aromatic carbocycles. The number of benzene rings is 1. The topological polar surface area (TPSA) is 81.4 Å². The molecule has 166 valence electrons. The van der Waals surface area contributed by atoms with E-state index in [0.29, 0.717) is 51.0 Å². The number of nitrogens with one attached hydrogen (secondary N) is 1. The molecule has 1 aromatic heterocycles. The number of hydrogen-bond acceptors (Lipinski definition) is 4. The van der Waals surface area contributed by atoms with Crippen molar-refractivity contribution >= 4 is 47.4 Å². The predicted molar refractivity (Wildman–Crippen MR) is 130 cm³/mol. The van der Waals surface area contributed by atoms with Gasteiger partial charge in [0.05, 0.1) is 6.26 Å². The van der Waals surface area contributed by atoms with Crippen LogP contribution in [0.3, 0.4) is 0 Å². The van der Waals surface area contributed by atoms with Crippen molar-refractivity contribution in [3.8, 4) is 0 Å². The Morgan fingerprint density at radius 2 is 1.77 bits per heavy atom. The molecular weight excluding hydrogens is 509 g/mol. The Kier molecular flexibility index (Phi) is 7.94. The van der Waals surface area contributed by atoms with Crippen LogP contribution in [0.1, 0.15) is 23.0 Å². The molecule has 2 aliphatic rings. The normalized spacial score (nSPS) is 16.0. The summed E-state index contributed by atoms with van der Waals surface area (Å²) in [7, 11) is 0. The first-order valence-electron chi connectivity index (χ1n) is 10.4. The maximum Gasteiger partial charge on any atom is 0.289 e. The highest BCUT2D eigenvalue weighted by molar-refractivity contribution is 14.0. The van der Waals surface area contributed by atoms with Gasteiger partial charge in [0.25, 0.3) is 5.91 Å². The lowest BCUT2D eigenvalue weighted by Gasteiger charge is -2.36. The van der Waals surface area contributed by atoms with Gasteiger partial charge in [-0.2, -0.15) is 0 Å². The van der Waals surface area contributed by atoms with Crippen LogP contribution >= 0.6 is 24.0 Å². The van der Waals surface area contributed by atoms with Gasteiger partial charge in [-0.1, -0.05) is 18.2 Å². The van der Waals surface area contributed by atoms with Crippen LogP contribution in [-0.4, -0.2) is 73.4 Å². The summed E-state index contributed by atoms with van der Waals surface area (Å²) in [4.78, 5) is 35.5. The molecule has 0 atom stereocenters. The van der Waals surface area contributed by atoms with E-state index in [4.69, 9.17) is 4.42 Å². The molecule has 4 rings (SSSR count). The van der Waals surface area contributed by atoms with E-state index in [0.717, 1.165) is 12.1 Å². The molecule has 0 saturated carbocycles. The van der Waals surface area contributed by atoms with Crippen LogP contribution in [0, 0.1) is 0 Å². The number of para-hydroxylation sites is 1. The maximum atomic E-state index is 12.8. The highest BCUT2D eigenvalue weighted by Gasteiger charge is 2.26. The number of aliphatic imine (C=N–C) groups is 1. The first-order chi connectivity index (χ1) is 14.7. The molecule has 0 unspecified atom stereocenters. The lowest BCUT2D eigenvalue weighted by molar-refractivity contribution is -0.117. The minimum Gasteiger partial charge on any atom is -0.459 e. The van der Waals surface area contributed by atoms with E-state index in [2.05, 4.69) is 21.3 Å². The van der Waals surface area contributed by atoms with Crippen LogP contribution < -0.4 is 10.2 Å². The highest BCUT2D eigenvalue weighted by atomic mass is 127. The highest BCUT2D eigenvalue weighted by Crippen LogP contribution is 2.27. The molecule has 9 heteroatoms. The summed E-state index contributed by atoms with van der Waals surface area (Å²) < 4.78 is 5.22. The lowest BCUT2D eigenvalue weighted by Crippen LogP contribution is -2.54. The Bertz CT molecular complexity index is 923. The molecule has 1 fully saturated rings. The molecule has 0 radical (unpaired) electrons. The summed E-state index contributed by atoms with van der Waals surface area (Å²) >= 11 is 0. The fourth-order valence-electron chi connectivity index (χ4n) is 3.93. The molecule has 2 amide bonds. The van der Waals surface area contributed by atoms with E-state index in [1.807, 2.05) is 30.0 Å². The first kappa shape index (κ1) is 23.1. The van der Waals surface area contributed by atoms with Crippen molar-refractivity contribution in [1.82, 2.24) is 15.1 Å². The molecule has 2 aliphatic heterocycles. The summed E-state index contributed by atoms with van der Waals surface area (Å²) in [5, 5.41) is 3.27. The second-order valence-electron chi connectivity index (χ2n) is 7.35. The van der Waals surface area contributed by atoms with Gasteiger partial charge in [0.2, 0.25) is 5.91 Å². The van der Waals surface area contributed by atoms with Crippen LogP contribution in [-0.2, 0) is 11.2 Å². The van der Waals surface area contributed by atoms with Gasteiger partial charge < -0.3 is 24.4 Å². The van der Waals surface area contributed by atoms with E-state index in [-0.39, 0.29) is 42.3 Å². The first-order valence-corrected chi connectivity index (χ1v) is 10.4. The number of piperazine rings is 1. The fraction of sp³-hybridized carbons (Fsp3) is 0.409. The summed E-state index contributed by atoms with van der Waals surface area (Å²) in [6.45, 7) is 5.99. The van der Waals surface area contributed by atoms with Crippen molar-refractivity contribution < 1.29 is 14.0 Å². The zero-order valence-electron chi connectivity index (χ0n) is 17.6. The largest absolute Gasteiger partial charge is 0.459 e. The molecule has 3 heterocycles. The van der Waals surface area contributed by atoms with Gasteiger partial charge in [-0.05, 0) is 37.1 Å². The van der Waals surface area contributed by atoms with Crippen LogP contribution in [0.2, 0.25) is 0 Å². The van der Waals surface area contributed by atoms with Crippen molar-refractivity contribution in [2.24, 2.45) is 4.99 Å². The van der Waals surface area contributed by atoms with Crippen molar-refractivity contribution in [3.05, 3.63) is 54.0 Å². The van der Waals surface area contributed by atoms with Crippen LogP contribution in [0.15, 0.2) is 52.1 Å². The Morgan fingerprint density at radius 1 is 1.03 bits per heavy atom. The van der Waals surface area contributed by atoms with Crippen LogP contribution in [0.25, 0.3) is 0 Å². The third-order valence-corrected chi connectivity index (χ3v) is 5.49. The van der Waals surface area contributed by atoms with Gasteiger partial charge >= 0.3 is 0 Å². The number of furan rings is 1. The third kappa shape index (κ3) is 5.20. The quantitative estimate of drug-likeness (QED) is 0.368. The molecule has 0 spiro atoms. The van der Waals surface area contributed by atoms with Gasteiger partial charge in [0.15, 0.2) is 11.7 Å². The number of nitrogens with zero attached hydrogens (tertiary/aromatic N) is 4. The predicted octanol–water partition coefficient (Wildman–Crippen LogP) is 2.21. The molecular formula is C22H28IN5O3. The van der Waals surface area contributed by atoms with E-state index in [9.17, 15) is 9.59 Å². The summed E-state index contributed by atoms with van der Waals surface area (Å²) in [5.41, 5.74) is 2.20. The van der Waals surface area contributed by atoms with Gasteiger partial charge in [-0.3, -0.25) is 9.59 Å². The van der Waals surface area contributed by atoms with E-state index in [1.165, 1.54) is 11.8 Å². The van der Waals surface area contributed by atoms with E-state index >= 15 is 0 Å².